The summed E-state index contributed by atoms with van der Waals surface area (Å²) in [5.74, 6) is 3.02. The SMILES string of the molecule is C.CCC=O.COC(C)(C)C1OC23CC4C5CCC6C(C)(C)C(OC7CC(O)CCO7)CCC67[C@@H](C)C57CCC4(C)C2CCC1O3. The summed E-state index contributed by atoms with van der Waals surface area (Å²) < 4.78 is 32.7. The van der Waals surface area contributed by atoms with Gasteiger partial charge in [0.1, 0.15) is 12.4 Å². The highest BCUT2D eigenvalue weighted by Crippen LogP contribution is 2.90. The number of carbonyl (C=O) groups excluding carboxylic acids is 1. The second-order valence-corrected chi connectivity index (χ2v) is 17.8. The molecule has 5 aliphatic carbocycles. The second-order valence-electron chi connectivity index (χ2n) is 17.8. The molecule has 0 radical (unpaired) electrons. The number of rotatable bonds is 5. The van der Waals surface area contributed by atoms with E-state index in [9.17, 15) is 9.90 Å². The molecule has 46 heavy (non-hydrogen) atoms. The minimum atomic E-state index is -0.411. The Morgan fingerprint density at radius 1 is 0.935 bits per heavy atom. The Bertz CT molecular complexity index is 1140. The summed E-state index contributed by atoms with van der Waals surface area (Å²) in [7, 11) is 1.82. The fourth-order valence-electron chi connectivity index (χ4n) is 13.7. The zero-order chi connectivity index (χ0) is 32.2. The van der Waals surface area contributed by atoms with Crippen LogP contribution in [0.3, 0.4) is 0 Å². The molecular formula is C39H66O7. The van der Waals surface area contributed by atoms with Crippen molar-refractivity contribution >= 4 is 6.29 Å². The molecule has 5 saturated carbocycles. The summed E-state index contributed by atoms with van der Waals surface area (Å²) in [6.45, 7) is 17.0. The van der Waals surface area contributed by atoms with E-state index < -0.39 is 5.79 Å². The number of aliphatic hydroxyl groups excluding tert-OH is 1. The van der Waals surface area contributed by atoms with Crippen molar-refractivity contribution in [2.45, 2.75) is 175 Å². The van der Waals surface area contributed by atoms with Crippen molar-refractivity contribution in [3.63, 3.8) is 0 Å². The molecule has 14 atom stereocenters. The van der Waals surface area contributed by atoms with Gasteiger partial charge in [0, 0.05) is 32.3 Å². The number of ether oxygens (including phenoxy) is 5. The Balaban J connectivity index is 0.000000705. The fraction of sp³-hybridized carbons (Fsp3) is 0.974. The van der Waals surface area contributed by atoms with Crippen LogP contribution in [0.5, 0.6) is 0 Å². The van der Waals surface area contributed by atoms with E-state index in [4.69, 9.17) is 23.7 Å². The summed E-state index contributed by atoms with van der Waals surface area (Å²) in [5, 5.41) is 10.2. The van der Waals surface area contributed by atoms with Gasteiger partial charge in [-0.15, -0.1) is 0 Å². The van der Waals surface area contributed by atoms with Crippen LogP contribution in [-0.4, -0.2) is 67.2 Å². The maximum atomic E-state index is 10.2. The molecule has 3 aliphatic heterocycles. The lowest BCUT2D eigenvalue weighted by molar-refractivity contribution is -0.248. The highest BCUT2D eigenvalue weighted by molar-refractivity contribution is 5.48. The van der Waals surface area contributed by atoms with Crippen LogP contribution in [0, 0.1) is 51.2 Å². The third-order valence-corrected chi connectivity index (χ3v) is 15.8. The average Bonchev–Trinajstić information content (AvgIpc) is 3.24. The monoisotopic (exact) mass is 646 g/mol. The number of hydrogen-bond acceptors (Lipinski definition) is 7. The molecule has 0 aromatic carbocycles. The number of aliphatic hydroxyl groups is 1. The second kappa shape index (κ2) is 11.8. The van der Waals surface area contributed by atoms with Gasteiger partial charge in [0.2, 0.25) is 0 Å². The van der Waals surface area contributed by atoms with Gasteiger partial charge in [0.25, 0.3) is 0 Å². The van der Waals surface area contributed by atoms with Crippen molar-refractivity contribution < 1.29 is 33.6 Å². The molecule has 8 fully saturated rings. The van der Waals surface area contributed by atoms with E-state index in [0.717, 1.165) is 43.8 Å². The van der Waals surface area contributed by atoms with E-state index in [1.54, 1.807) is 0 Å². The zero-order valence-electron chi connectivity index (χ0n) is 29.4. The van der Waals surface area contributed by atoms with Gasteiger partial charge in [-0.2, -0.15) is 0 Å². The zero-order valence-corrected chi connectivity index (χ0v) is 29.4. The Morgan fingerprint density at radius 2 is 1.65 bits per heavy atom. The first-order valence-electron chi connectivity index (χ1n) is 18.6. The minimum absolute atomic E-state index is 0. The smallest absolute Gasteiger partial charge is 0.173 e. The third kappa shape index (κ3) is 4.60. The van der Waals surface area contributed by atoms with E-state index in [1.807, 2.05) is 14.0 Å². The van der Waals surface area contributed by atoms with Gasteiger partial charge in [-0.1, -0.05) is 42.0 Å². The third-order valence-electron chi connectivity index (χ3n) is 15.8. The number of methoxy groups -OCH3 is 1. The molecule has 0 aromatic rings. The van der Waals surface area contributed by atoms with E-state index in [-0.39, 0.29) is 49.1 Å². The minimum Gasteiger partial charge on any atom is -0.393 e. The first-order valence-corrected chi connectivity index (χ1v) is 18.6. The first kappa shape index (κ1) is 35.3. The normalized spacial score (nSPS) is 52.7. The van der Waals surface area contributed by atoms with Crippen molar-refractivity contribution in [2.75, 3.05) is 13.7 Å². The molecule has 1 N–H and O–H groups in total. The first-order chi connectivity index (χ1) is 21.3. The van der Waals surface area contributed by atoms with Crippen molar-refractivity contribution in [3.8, 4) is 0 Å². The molecule has 3 spiro atoms. The molecule has 8 rings (SSSR count). The molecular weight excluding hydrogens is 580 g/mol. The summed E-state index contributed by atoms with van der Waals surface area (Å²) in [4.78, 5) is 9.17. The quantitative estimate of drug-likeness (QED) is 0.242. The topological polar surface area (TPSA) is 83.5 Å². The number of carbonyl (C=O) groups is 1. The molecule has 8 aliphatic rings. The van der Waals surface area contributed by atoms with Gasteiger partial charge in [-0.05, 0) is 117 Å². The average molecular weight is 647 g/mol. The van der Waals surface area contributed by atoms with Crippen LogP contribution >= 0.6 is 0 Å². The molecule has 13 unspecified atom stereocenters. The highest BCUT2D eigenvalue weighted by Gasteiger charge is 2.86. The lowest BCUT2D eigenvalue weighted by Gasteiger charge is -2.59. The van der Waals surface area contributed by atoms with Crippen molar-refractivity contribution in [3.05, 3.63) is 0 Å². The van der Waals surface area contributed by atoms with Crippen LogP contribution in [0.25, 0.3) is 0 Å². The molecule has 7 nitrogen and oxygen atoms in total. The van der Waals surface area contributed by atoms with Crippen LogP contribution in [0.15, 0.2) is 0 Å². The molecule has 7 heteroatoms. The van der Waals surface area contributed by atoms with Gasteiger partial charge < -0.3 is 33.6 Å². The van der Waals surface area contributed by atoms with E-state index in [1.165, 1.54) is 38.5 Å². The van der Waals surface area contributed by atoms with Crippen molar-refractivity contribution in [1.29, 1.82) is 0 Å². The van der Waals surface area contributed by atoms with Gasteiger partial charge in [-0.3, -0.25) is 0 Å². The molecule has 3 saturated heterocycles. The van der Waals surface area contributed by atoms with Crippen molar-refractivity contribution in [1.82, 2.24) is 0 Å². The van der Waals surface area contributed by atoms with E-state index >= 15 is 0 Å². The predicted molar refractivity (Wildman–Crippen MR) is 178 cm³/mol. The number of hydrogen-bond donors (Lipinski definition) is 1. The van der Waals surface area contributed by atoms with Crippen LogP contribution in [0.4, 0.5) is 0 Å². The number of aldehydes is 1. The summed E-state index contributed by atoms with van der Waals surface area (Å²) in [5.41, 5.74) is 0.990. The highest BCUT2D eigenvalue weighted by atomic mass is 16.8. The van der Waals surface area contributed by atoms with Gasteiger partial charge in [-0.25, -0.2) is 0 Å². The molecule has 0 aromatic heterocycles. The van der Waals surface area contributed by atoms with Gasteiger partial charge >= 0.3 is 0 Å². The lowest BCUT2D eigenvalue weighted by Crippen LogP contribution is -2.55. The van der Waals surface area contributed by atoms with Gasteiger partial charge in [0.15, 0.2) is 12.1 Å². The summed E-state index contributed by atoms with van der Waals surface area (Å²) in [6, 6.07) is 0. The van der Waals surface area contributed by atoms with Crippen LogP contribution < -0.4 is 0 Å². The van der Waals surface area contributed by atoms with E-state index in [0.29, 0.717) is 53.4 Å². The standard InChI is InChI=1S/C35H56O6.C3H6O.CH4/c1-20-33-16-15-32(6)23(19-35-26(32)11-9-24(40-35)29(41-35)31(4,5)37-7)22(33)8-10-25-30(2,3)27(12-14-34(20,25)33)39-28-18-21(36)13-17-38-28;1-2-3-4;/h20-29,36H,8-19H2,1-7H3;3H,2H2,1H3;1H4/t20-,21?,22?,23?,24?,25?,26?,27?,28?,29?,32?,33?,34?,35?;;/m0../s1. The van der Waals surface area contributed by atoms with Gasteiger partial charge in [0.05, 0.1) is 30.5 Å². The molecule has 264 valence electrons. The summed E-state index contributed by atoms with van der Waals surface area (Å²) in [6.07, 6.45) is 13.9. The maximum absolute atomic E-state index is 10.2. The Morgan fingerprint density at radius 3 is 2.33 bits per heavy atom. The molecule has 2 bridgehead atoms. The molecule has 0 amide bonds. The largest absolute Gasteiger partial charge is 0.393 e. The Kier molecular flexibility index (Phi) is 9.01. The fourth-order valence-corrected chi connectivity index (χ4v) is 13.7. The van der Waals surface area contributed by atoms with Crippen LogP contribution in [0.2, 0.25) is 0 Å². The molecule has 3 heterocycles. The number of fused-ring (bicyclic) bond motifs is 4. The van der Waals surface area contributed by atoms with Crippen LogP contribution in [0.1, 0.15) is 133 Å². The van der Waals surface area contributed by atoms with E-state index in [2.05, 4.69) is 41.5 Å². The summed E-state index contributed by atoms with van der Waals surface area (Å²) >= 11 is 0. The Hall–Kier alpha value is -0.570. The Labute approximate surface area is 279 Å². The van der Waals surface area contributed by atoms with Crippen molar-refractivity contribution in [2.24, 2.45) is 51.2 Å². The van der Waals surface area contributed by atoms with Crippen LogP contribution in [-0.2, 0) is 28.5 Å². The lowest BCUT2D eigenvalue weighted by atomic mass is 9.46. The maximum Gasteiger partial charge on any atom is 0.173 e. The predicted octanol–water partition coefficient (Wildman–Crippen LogP) is 7.70.